The first kappa shape index (κ1) is 14.0. The fourth-order valence-electron chi connectivity index (χ4n) is 1.99. The minimum absolute atomic E-state index is 0.135. The molecule has 1 aromatic rings. The van der Waals surface area contributed by atoms with Crippen molar-refractivity contribution in [3.05, 3.63) is 29.8 Å². The van der Waals surface area contributed by atoms with Crippen LogP contribution in [0, 0.1) is 6.92 Å². The van der Waals surface area contributed by atoms with Gasteiger partial charge >= 0.3 is 0 Å². The van der Waals surface area contributed by atoms with Crippen LogP contribution in [0.5, 0.6) is 0 Å². The molecule has 100 valence electrons. The molecule has 1 aliphatic heterocycles. The summed E-state index contributed by atoms with van der Waals surface area (Å²) >= 11 is 3.34. The quantitative estimate of drug-likeness (QED) is 0.792. The maximum atomic E-state index is 12.6. The standard InChI is InChI=1S/C12H16BrNO3S/c1-10-3-2-4-12(7-10)18(15,16)14-5-6-17-9-11(14)8-13/h2-4,7,11H,5-6,8-9H2,1H3. The van der Waals surface area contributed by atoms with Gasteiger partial charge in [-0.2, -0.15) is 4.31 Å². The smallest absolute Gasteiger partial charge is 0.243 e. The Hall–Kier alpha value is -0.430. The summed E-state index contributed by atoms with van der Waals surface area (Å²) in [5, 5.41) is 0.581. The van der Waals surface area contributed by atoms with Crippen molar-refractivity contribution in [2.45, 2.75) is 17.9 Å². The molecule has 0 amide bonds. The topological polar surface area (TPSA) is 46.6 Å². The first-order chi connectivity index (χ1) is 8.55. The molecule has 2 rings (SSSR count). The Morgan fingerprint density at radius 3 is 2.94 bits per heavy atom. The second-order valence-corrected chi connectivity index (χ2v) is 6.85. The van der Waals surface area contributed by atoms with Crippen molar-refractivity contribution in [2.75, 3.05) is 25.1 Å². The van der Waals surface area contributed by atoms with Crippen LogP contribution in [0.3, 0.4) is 0 Å². The highest BCUT2D eigenvalue weighted by atomic mass is 79.9. The van der Waals surface area contributed by atoms with Gasteiger partial charge in [0.2, 0.25) is 10.0 Å². The van der Waals surface area contributed by atoms with Crippen molar-refractivity contribution in [1.82, 2.24) is 4.31 Å². The van der Waals surface area contributed by atoms with Crippen LogP contribution < -0.4 is 0 Å². The van der Waals surface area contributed by atoms with Crippen LogP contribution in [0.15, 0.2) is 29.2 Å². The third kappa shape index (κ3) is 2.77. The van der Waals surface area contributed by atoms with E-state index in [0.717, 1.165) is 5.56 Å². The number of aryl methyl sites for hydroxylation is 1. The summed E-state index contributed by atoms with van der Waals surface area (Å²) in [7, 11) is -3.42. The summed E-state index contributed by atoms with van der Waals surface area (Å²) in [6, 6.07) is 6.87. The lowest BCUT2D eigenvalue weighted by Gasteiger charge is -2.33. The van der Waals surface area contributed by atoms with Crippen molar-refractivity contribution in [1.29, 1.82) is 0 Å². The van der Waals surface area contributed by atoms with Crippen LogP contribution in [-0.4, -0.2) is 43.9 Å². The van der Waals surface area contributed by atoms with Gasteiger partial charge in [0.15, 0.2) is 0 Å². The number of morpholine rings is 1. The summed E-state index contributed by atoms with van der Waals surface area (Å²) in [6.45, 7) is 3.19. The first-order valence-electron chi connectivity index (χ1n) is 5.78. The van der Waals surface area contributed by atoms with Crippen LogP contribution in [-0.2, 0) is 14.8 Å². The van der Waals surface area contributed by atoms with E-state index in [0.29, 0.717) is 30.0 Å². The van der Waals surface area contributed by atoms with Gasteiger partial charge in [-0.05, 0) is 24.6 Å². The van der Waals surface area contributed by atoms with Crippen LogP contribution in [0.25, 0.3) is 0 Å². The van der Waals surface area contributed by atoms with Gasteiger partial charge in [-0.1, -0.05) is 28.1 Å². The van der Waals surface area contributed by atoms with Crippen LogP contribution in [0.4, 0.5) is 0 Å². The monoisotopic (exact) mass is 333 g/mol. The molecule has 0 N–H and O–H groups in total. The maximum Gasteiger partial charge on any atom is 0.243 e. The Balaban J connectivity index is 2.35. The number of nitrogens with zero attached hydrogens (tertiary/aromatic N) is 1. The molecule has 0 aromatic heterocycles. The maximum absolute atomic E-state index is 12.6. The second kappa shape index (κ2) is 5.69. The number of rotatable bonds is 3. The second-order valence-electron chi connectivity index (χ2n) is 4.32. The molecule has 1 aromatic carbocycles. The summed E-state index contributed by atoms with van der Waals surface area (Å²) < 4.78 is 32.0. The van der Waals surface area contributed by atoms with E-state index >= 15 is 0 Å². The Bertz CT molecular complexity index is 518. The average Bonchev–Trinajstić information content (AvgIpc) is 2.38. The lowest BCUT2D eigenvalue weighted by molar-refractivity contribution is 0.0413. The summed E-state index contributed by atoms with van der Waals surface area (Å²) in [5.74, 6) is 0. The summed E-state index contributed by atoms with van der Waals surface area (Å²) in [4.78, 5) is 0.357. The van der Waals surface area contributed by atoms with Crippen LogP contribution in [0.2, 0.25) is 0 Å². The summed E-state index contributed by atoms with van der Waals surface area (Å²) in [6.07, 6.45) is 0. The van der Waals surface area contributed by atoms with Gasteiger partial charge in [-0.15, -0.1) is 0 Å². The lowest BCUT2D eigenvalue weighted by Crippen LogP contribution is -2.49. The van der Waals surface area contributed by atoms with E-state index in [1.807, 2.05) is 13.0 Å². The number of benzene rings is 1. The van der Waals surface area contributed by atoms with Gasteiger partial charge in [0.25, 0.3) is 0 Å². The number of halogens is 1. The molecule has 18 heavy (non-hydrogen) atoms. The van der Waals surface area contributed by atoms with E-state index in [9.17, 15) is 8.42 Å². The van der Waals surface area contributed by atoms with Gasteiger partial charge in [-0.3, -0.25) is 0 Å². The Labute approximate surface area is 116 Å². The normalized spacial score (nSPS) is 22.0. The molecule has 4 nitrogen and oxygen atoms in total. The molecule has 1 aliphatic rings. The Morgan fingerprint density at radius 2 is 2.28 bits per heavy atom. The van der Waals surface area contributed by atoms with Crippen molar-refractivity contribution in [3.63, 3.8) is 0 Å². The van der Waals surface area contributed by atoms with E-state index < -0.39 is 10.0 Å². The zero-order valence-electron chi connectivity index (χ0n) is 10.2. The molecular formula is C12H16BrNO3S. The van der Waals surface area contributed by atoms with Crippen LogP contribution in [0.1, 0.15) is 5.56 Å². The number of alkyl halides is 1. The molecule has 0 aliphatic carbocycles. The van der Waals surface area contributed by atoms with Crippen molar-refractivity contribution >= 4 is 26.0 Å². The van der Waals surface area contributed by atoms with Crippen molar-refractivity contribution in [3.8, 4) is 0 Å². The molecule has 6 heteroatoms. The SMILES string of the molecule is Cc1cccc(S(=O)(=O)N2CCOCC2CBr)c1. The van der Waals surface area contributed by atoms with Crippen molar-refractivity contribution < 1.29 is 13.2 Å². The predicted molar refractivity (Wildman–Crippen MR) is 73.5 cm³/mol. The molecule has 1 unspecified atom stereocenters. The molecule has 1 heterocycles. The molecular weight excluding hydrogens is 318 g/mol. The Morgan fingerprint density at radius 1 is 1.50 bits per heavy atom. The van der Waals surface area contributed by atoms with Gasteiger partial charge in [0.1, 0.15) is 0 Å². The molecule has 1 atom stereocenters. The fraction of sp³-hybridized carbons (Fsp3) is 0.500. The predicted octanol–water partition coefficient (Wildman–Crippen LogP) is 1.78. The van der Waals surface area contributed by atoms with E-state index in [2.05, 4.69) is 15.9 Å². The molecule has 0 bridgehead atoms. The van der Waals surface area contributed by atoms with Gasteiger partial charge in [0.05, 0.1) is 24.2 Å². The number of hydrogen-bond acceptors (Lipinski definition) is 3. The minimum atomic E-state index is -3.42. The third-order valence-electron chi connectivity index (χ3n) is 2.95. The van der Waals surface area contributed by atoms with Crippen molar-refractivity contribution in [2.24, 2.45) is 0 Å². The zero-order chi connectivity index (χ0) is 13.2. The number of sulfonamides is 1. The van der Waals surface area contributed by atoms with Gasteiger partial charge in [0, 0.05) is 11.9 Å². The molecule has 0 spiro atoms. The van der Waals surface area contributed by atoms with E-state index in [-0.39, 0.29) is 6.04 Å². The number of hydrogen-bond donors (Lipinski definition) is 0. The van der Waals surface area contributed by atoms with Crippen LogP contribution >= 0.6 is 15.9 Å². The van der Waals surface area contributed by atoms with E-state index in [1.165, 1.54) is 4.31 Å². The lowest BCUT2D eigenvalue weighted by atomic mass is 10.2. The zero-order valence-corrected chi connectivity index (χ0v) is 12.6. The molecule has 0 radical (unpaired) electrons. The largest absolute Gasteiger partial charge is 0.378 e. The minimum Gasteiger partial charge on any atom is -0.378 e. The highest BCUT2D eigenvalue weighted by Crippen LogP contribution is 2.22. The first-order valence-corrected chi connectivity index (χ1v) is 8.34. The molecule has 1 saturated heterocycles. The third-order valence-corrected chi connectivity index (χ3v) is 5.64. The average molecular weight is 334 g/mol. The molecule has 0 saturated carbocycles. The highest BCUT2D eigenvalue weighted by molar-refractivity contribution is 9.09. The van der Waals surface area contributed by atoms with E-state index in [4.69, 9.17) is 4.74 Å². The Kier molecular flexibility index (Phi) is 4.42. The highest BCUT2D eigenvalue weighted by Gasteiger charge is 2.33. The van der Waals surface area contributed by atoms with Gasteiger partial charge < -0.3 is 4.74 Å². The molecule has 1 fully saturated rings. The van der Waals surface area contributed by atoms with Gasteiger partial charge in [-0.25, -0.2) is 8.42 Å². The van der Waals surface area contributed by atoms with E-state index in [1.54, 1.807) is 18.2 Å². The fourth-order valence-corrected chi connectivity index (χ4v) is 4.42. The summed E-state index contributed by atoms with van der Waals surface area (Å²) in [5.41, 5.74) is 0.944. The number of ether oxygens (including phenoxy) is 1.